The van der Waals surface area contributed by atoms with Gasteiger partial charge in [0.1, 0.15) is 5.75 Å². The summed E-state index contributed by atoms with van der Waals surface area (Å²) >= 11 is 0. The lowest BCUT2D eigenvalue weighted by Gasteiger charge is -1.99. The van der Waals surface area contributed by atoms with Crippen LogP contribution in [0.25, 0.3) is 0 Å². The highest BCUT2D eigenvalue weighted by atomic mass is 17.0. The molecular weight excluding hydrogens is 144 g/mol. The molecule has 0 spiro atoms. The van der Waals surface area contributed by atoms with Crippen LogP contribution in [0.15, 0.2) is 18.2 Å². The molecule has 3 N–H and O–H groups in total. The monoisotopic (exact) mass is 156 g/mol. The molecule has 0 saturated heterocycles. The van der Waals surface area contributed by atoms with E-state index in [4.69, 9.17) is 15.6 Å². The number of rotatable bonds is 0. The topological polar surface area (TPSA) is 60.7 Å². The molecule has 1 aromatic rings. The van der Waals surface area contributed by atoms with E-state index in [1.54, 1.807) is 6.07 Å². The van der Waals surface area contributed by atoms with Crippen molar-refractivity contribution in [2.45, 2.75) is 13.8 Å². The lowest BCUT2D eigenvalue weighted by Crippen LogP contribution is -1.78. The highest BCUT2D eigenvalue weighted by Crippen LogP contribution is 2.17. The van der Waals surface area contributed by atoms with E-state index in [0.29, 0.717) is 5.75 Å². The zero-order chi connectivity index (χ0) is 8.85. The normalized spacial score (nSPS) is 8.36. The Kier molecular flexibility index (Phi) is 4.26. The van der Waals surface area contributed by atoms with Gasteiger partial charge in [-0.2, -0.15) is 0 Å². The summed E-state index contributed by atoms with van der Waals surface area (Å²) in [4.78, 5) is 0. The van der Waals surface area contributed by atoms with Crippen LogP contribution in [0.5, 0.6) is 5.75 Å². The van der Waals surface area contributed by atoms with Crippen molar-refractivity contribution in [3.63, 3.8) is 0 Å². The van der Waals surface area contributed by atoms with Gasteiger partial charge in [-0.1, -0.05) is 12.1 Å². The first-order chi connectivity index (χ1) is 5.22. The molecule has 1 aromatic carbocycles. The van der Waals surface area contributed by atoms with E-state index in [0.717, 1.165) is 11.1 Å². The second-order valence-electron chi connectivity index (χ2n) is 2.22. The van der Waals surface area contributed by atoms with Gasteiger partial charge in [0.2, 0.25) is 0 Å². The van der Waals surface area contributed by atoms with Crippen LogP contribution >= 0.6 is 0 Å². The van der Waals surface area contributed by atoms with Gasteiger partial charge < -0.3 is 5.11 Å². The Hall–Kier alpha value is -1.06. The maximum absolute atomic E-state index is 9.10. The van der Waals surface area contributed by atoms with Gasteiger partial charge in [-0.3, -0.25) is 10.5 Å². The number of hydrogen-bond donors (Lipinski definition) is 3. The molecule has 0 aromatic heterocycles. The van der Waals surface area contributed by atoms with Crippen molar-refractivity contribution in [3.8, 4) is 5.75 Å². The van der Waals surface area contributed by atoms with E-state index in [1.807, 2.05) is 26.0 Å². The van der Waals surface area contributed by atoms with E-state index < -0.39 is 0 Å². The summed E-state index contributed by atoms with van der Waals surface area (Å²) in [6.07, 6.45) is 0. The van der Waals surface area contributed by atoms with Gasteiger partial charge >= 0.3 is 0 Å². The number of phenols is 1. The summed E-state index contributed by atoms with van der Waals surface area (Å²) in [5.41, 5.74) is 2.10. The zero-order valence-electron chi connectivity index (χ0n) is 6.57. The van der Waals surface area contributed by atoms with Crippen molar-refractivity contribution in [2.24, 2.45) is 0 Å². The van der Waals surface area contributed by atoms with Crippen LogP contribution in [0.2, 0.25) is 0 Å². The highest BCUT2D eigenvalue weighted by molar-refractivity contribution is 5.36. The molecular formula is C8H12O3. The fourth-order valence-corrected chi connectivity index (χ4v) is 0.736. The average Bonchev–Trinajstić information content (AvgIpc) is 2.04. The van der Waals surface area contributed by atoms with Crippen molar-refractivity contribution in [1.29, 1.82) is 0 Å². The van der Waals surface area contributed by atoms with Gasteiger partial charge in [0.05, 0.1) is 0 Å². The average molecular weight is 156 g/mol. The largest absolute Gasteiger partial charge is 0.508 e. The number of phenolic OH excluding ortho intramolecular Hbond substituents is 1. The SMILES string of the molecule is Cc1cccc(O)c1C.OO. The van der Waals surface area contributed by atoms with Crippen molar-refractivity contribution in [1.82, 2.24) is 0 Å². The molecule has 0 fully saturated rings. The third kappa shape index (κ3) is 2.57. The van der Waals surface area contributed by atoms with Crippen molar-refractivity contribution in [2.75, 3.05) is 0 Å². The first-order valence-electron chi connectivity index (χ1n) is 3.17. The van der Waals surface area contributed by atoms with Gasteiger partial charge in [0, 0.05) is 0 Å². The van der Waals surface area contributed by atoms with Gasteiger partial charge in [-0.15, -0.1) is 0 Å². The Morgan fingerprint density at radius 3 is 2.00 bits per heavy atom. The van der Waals surface area contributed by atoms with Crippen LogP contribution in [-0.2, 0) is 0 Å². The Morgan fingerprint density at radius 2 is 1.64 bits per heavy atom. The molecule has 0 amide bonds. The number of aryl methyl sites for hydroxylation is 1. The predicted molar refractivity (Wildman–Crippen MR) is 42.8 cm³/mol. The first-order valence-corrected chi connectivity index (χ1v) is 3.17. The molecule has 0 unspecified atom stereocenters. The van der Waals surface area contributed by atoms with E-state index in [-0.39, 0.29) is 0 Å². The minimum atomic E-state index is 0.384. The Bertz CT molecular complexity index is 200. The smallest absolute Gasteiger partial charge is 0.118 e. The molecule has 0 aliphatic heterocycles. The summed E-state index contributed by atoms with van der Waals surface area (Å²) < 4.78 is 0. The predicted octanol–water partition coefficient (Wildman–Crippen LogP) is 2.03. The summed E-state index contributed by atoms with van der Waals surface area (Å²) in [6.45, 7) is 3.89. The van der Waals surface area contributed by atoms with E-state index in [2.05, 4.69) is 0 Å². The second-order valence-corrected chi connectivity index (χ2v) is 2.22. The van der Waals surface area contributed by atoms with E-state index in [1.165, 1.54) is 0 Å². The fraction of sp³-hybridized carbons (Fsp3) is 0.250. The third-order valence-corrected chi connectivity index (χ3v) is 1.58. The van der Waals surface area contributed by atoms with E-state index >= 15 is 0 Å². The summed E-state index contributed by atoms with van der Waals surface area (Å²) in [7, 11) is 0. The summed E-state index contributed by atoms with van der Waals surface area (Å²) in [6, 6.07) is 5.52. The minimum absolute atomic E-state index is 0.384. The van der Waals surface area contributed by atoms with E-state index in [9.17, 15) is 0 Å². The zero-order valence-corrected chi connectivity index (χ0v) is 6.57. The molecule has 3 heteroatoms. The molecule has 0 saturated carbocycles. The van der Waals surface area contributed by atoms with Gasteiger partial charge in [0.25, 0.3) is 0 Å². The highest BCUT2D eigenvalue weighted by Gasteiger charge is 1.94. The number of benzene rings is 1. The molecule has 0 aliphatic rings. The summed E-state index contributed by atoms with van der Waals surface area (Å²) in [5, 5.41) is 21.1. The van der Waals surface area contributed by atoms with Gasteiger partial charge in [0.15, 0.2) is 0 Å². The van der Waals surface area contributed by atoms with Crippen molar-refractivity contribution in [3.05, 3.63) is 29.3 Å². The maximum atomic E-state index is 9.10. The molecule has 0 atom stereocenters. The second kappa shape index (κ2) is 4.71. The first kappa shape index (κ1) is 9.94. The minimum Gasteiger partial charge on any atom is -0.508 e. The number of aromatic hydroxyl groups is 1. The molecule has 3 nitrogen and oxygen atoms in total. The molecule has 1 rings (SSSR count). The van der Waals surface area contributed by atoms with Gasteiger partial charge in [-0.25, -0.2) is 0 Å². The third-order valence-electron chi connectivity index (χ3n) is 1.58. The van der Waals surface area contributed by atoms with Crippen molar-refractivity contribution < 1.29 is 15.6 Å². The van der Waals surface area contributed by atoms with Crippen LogP contribution in [0.4, 0.5) is 0 Å². The van der Waals surface area contributed by atoms with Crippen LogP contribution in [0, 0.1) is 13.8 Å². The molecule has 0 radical (unpaired) electrons. The Morgan fingerprint density at radius 1 is 1.09 bits per heavy atom. The molecule has 0 bridgehead atoms. The Labute approximate surface area is 65.5 Å². The standard InChI is InChI=1S/C8H10O.H2O2/c1-6-4-3-5-8(9)7(6)2;1-2/h3-5,9H,1-2H3;1-2H. The number of hydrogen-bond acceptors (Lipinski definition) is 3. The van der Waals surface area contributed by atoms with Gasteiger partial charge in [-0.05, 0) is 31.0 Å². The lowest BCUT2D eigenvalue weighted by atomic mass is 10.1. The Balaban J connectivity index is 0.000000461. The van der Waals surface area contributed by atoms with Crippen LogP contribution in [0.1, 0.15) is 11.1 Å². The quantitative estimate of drug-likeness (QED) is 0.398. The van der Waals surface area contributed by atoms with Crippen LogP contribution in [-0.4, -0.2) is 15.6 Å². The molecule has 0 heterocycles. The van der Waals surface area contributed by atoms with Crippen LogP contribution in [0.3, 0.4) is 0 Å². The molecule has 62 valence electrons. The lowest BCUT2D eigenvalue weighted by molar-refractivity contribution is -0.176. The molecule has 11 heavy (non-hydrogen) atoms. The van der Waals surface area contributed by atoms with Crippen LogP contribution < -0.4 is 0 Å². The van der Waals surface area contributed by atoms with Crippen molar-refractivity contribution >= 4 is 0 Å². The maximum Gasteiger partial charge on any atom is 0.118 e. The summed E-state index contributed by atoms with van der Waals surface area (Å²) in [5.74, 6) is 0.384. The fourth-order valence-electron chi connectivity index (χ4n) is 0.736. The molecule has 0 aliphatic carbocycles.